The lowest BCUT2D eigenvalue weighted by molar-refractivity contribution is -0.120. The van der Waals surface area contributed by atoms with Gasteiger partial charge in [-0.2, -0.15) is 9.40 Å². The lowest BCUT2D eigenvalue weighted by Crippen LogP contribution is -2.41. The molecule has 0 bridgehead atoms. The molecule has 2 aromatic heterocycles. The summed E-state index contributed by atoms with van der Waals surface area (Å²) in [6.07, 6.45) is 2.49. The molecule has 9 heteroatoms. The summed E-state index contributed by atoms with van der Waals surface area (Å²) in [4.78, 5) is 12.6. The van der Waals surface area contributed by atoms with Crippen molar-refractivity contribution in [1.29, 1.82) is 0 Å². The molecule has 31 heavy (non-hydrogen) atoms. The molecule has 1 amide bonds. The van der Waals surface area contributed by atoms with Crippen LogP contribution in [0.2, 0.25) is 0 Å². The van der Waals surface area contributed by atoms with Gasteiger partial charge in [0.2, 0.25) is 11.0 Å². The summed E-state index contributed by atoms with van der Waals surface area (Å²) in [7, 11) is -3.75. The molecular formula is C22H26N4O4S. The Labute approximate surface area is 181 Å². The molecule has 4 rings (SSSR count). The van der Waals surface area contributed by atoms with Crippen molar-refractivity contribution in [1.82, 2.24) is 14.5 Å². The highest BCUT2D eigenvalue weighted by Crippen LogP contribution is 2.28. The van der Waals surface area contributed by atoms with Crippen molar-refractivity contribution in [3.63, 3.8) is 0 Å². The molecule has 0 spiro atoms. The van der Waals surface area contributed by atoms with Crippen LogP contribution in [0.15, 0.2) is 58.2 Å². The van der Waals surface area contributed by atoms with E-state index in [4.69, 9.17) is 4.42 Å². The zero-order valence-electron chi connectivity index (χ0n) is 17.5. The van der Waals surface area contributed by atoms with Crippen LogP contribution >= 0.6 is 0 Å². The van der Waals surface area contributed by atoms with E-state index in [1.54, 1.807) is 18.3 Å². The van der Waals surface area contributed by atoms with Gasteiger partial charge in [-0.1, -0.05) is 26.0 Å². The minimum atomic E-state index is -3.75. The highest BCUT2D eigenvalue weighted by atomic mass is 32.2. The highest BCUT2D eigenvalue weighted by molar-refractivity contribution is 7.89. The van der Waals surface area contributed by atoms with Crippen molar-refractivity contribution in [2.45, 2.75) is 37.7 Å². The number of anilines is 1. The van der Waals surface area contributed by atoms with E-state index < -0.39 is 10.0 Å². The standard InChI is InChI=1S/C22H26N4O4S/c1-15(2)16-3-5-18(6-4-16)24-22(27)17-10-13-26(14-11-17)31(28,29)21-8-7-20(30-21)19-9-12-23-25-19/h3-9,12,15,17H,10-11,13-14H2,1-2H3,(H,23,25)(H,24,27). The number of amides is 1. The van der Waals surface area contributed by atoms with Crippen LogP contribution < -0.4 is 5.32 Å². The van der Waals surface area contributed by atoms with Crippen LogP contribution in [0.25, 0.3) is 11.5 Å². The molecule has 1 fully saturated rings. The van der Waals surface area contributed by atoms with E-state index in [1.807, 2.05) is 24.3 Å². The third-order valence-electron chi connectivity index (χ3n) is 5.61. The number of hydrogen-bond donors (Lipinski definition) is 2. The van der Waals surface area contributed by atoms with Crippen molar-refractivity contribution in [3.8, 4) is 11.5 Å². The summed E-state index contributed by atoms with van der Waals surface area (Å²) in [6.45, 7) is 4.78. The van der Waals surface area contributed by atoms with Crippen LogP contribution in [0.5, 0.6) is 0 Å². The van der Waals surface area contributed by atoms with Crippen LogP contribution in [0.3, 0.4) is 0 Å². The maximum atomic E-state index is 12.9. The predicted octanol–water partition coefficient (Wildman–Crippen LogP) is 3.83. The lowest BCUT2D eigenvalue weighted by atomic mass is 9.97. The molecule has 3 aromatic rings. The Hall–Kier alpha value is -2.91. The second-order valence-electron chi connectivity index (χ2n) is 8.03. The third kappa shape index (κ3) is 4.57. The van der Waals surface area contributed by atoms with Gasteiger partial charge in [0.1, 0.15) is 5.69 Å². The first-order chi connectivity index (χ1) is 14.8. The van der Waals surface area contributed by atoms with E-state index in [2.05, 4.69) is 29.4 Å². The van der Waals surface area contributed by atoms with E-state index in [9.17, 15) is 13.2 Å². The van der Waals surface area contributed by atoms with Gasteiger partial charge in [-0.3, -0.25) is 9.89 Å². The van der Waals surface area contributed by atoms with E-state index in [-0.39, 0.29) is 30.0 Å². The average Bonchev–Trinajstić information content (AvgIpc) is 3.46. The maximum Gasteiger partial charge on any atom is 0.276 e. The molecular weight excluding hydrogens is 416 g/mol. The fraction of sp³-hybridized carbons (Fsp3) is 0.364. The molecule has 0 atom stereocenters. The number of carbonyl (C=O) groups is 1. The number of benzene rings is 1. The summed E-state index contributed by atoms with van der Waals surface area (Å²) in [5.74, 6) is 0.539. The smallest absolute Gasteiger partial charge is 0.276 e. The molecule has 0 unspecified atom stereocenters. The van der Waals surface area contributed by atoms with Crippen molar-refractivity contribution in [2.75, 3.05) is 18.4 Å². The molecule has 0 aliphatic carbocycles. The molecule has 2 N–H and O–H groups in total. The van der Waals surface area contributed by atoms with E-state index in [0.717, 1.165) is 5.69 Å². The zero-order valence-corrected chi connectivity index (χ0v) is 18.4. The van der Waals surface area contributed by atoms with Crippen molar-refractivity contribution < 1.29 is 17.6 Å². The number of nitrogens with zero attached hydrogens (tertiary/aromatic N) is 2. The van der Waals surface area contributed by atoms with Crippen LogP contribution in [0.1, 0.15) is 38.2 Å². The summed E-state index contributed by atoms with van der Waals surface area (Å²) in [5.41, 5.74) is 2.58. The first-order valence-corrected chi connectivity index (χ1v) is 11.8. The molecule has 1 saturated heterocycles. The summed E-state index contributed by atoms with van der Waals surface area (Å²) >= 11 is 0. The molecule has 3 heterocycles. The summed E-state index contributed by atoms with van der Waals surface area (Å²) in [6, 6.07) is 12.6. The van der Waals surface area contributed by atoms with E-state index in [0.29, 0.717) is 30.2 Å². The number of aromatic nitrogens is 2. The normalized spacial score (nSPS) is 16.0. The molecule has 1 aromatic carbocycles. The van der Waals surface area contributed by atoms with E-state index >= 15 is 0 Å². The Bertz CT molecular complexity index is 1130. The second kappa shape index (κ2) is 8.68. The number of hydrogen-bond acceptors (Lipinski definition) is 5. The topological polar surface area (TPSA) is 108 Å². The van der Waals surface area contributed by atoms with Gasteiger partial charge in [0.25, 0.3) is 10.0 Å². The summed E-state index contributed by atoms with van der Waals surface area (Å²) in [5, 5.41) is 9.43. The van der Waals surface area contributed by atoms with Crippen molar-refractivity contribution in [2.24, 2.45) is 5.92 Å². The Balaban J connectivity index is 1.36. The van der Waals surface area contributed by atoms with Gasteiger partial charge in [-0.05, 0) is 54.7 Å². The van der Waals surface area contributed by atoms with E-state index in [1.165, 1.54) is 15.9 Å². The number of aromatic amines is 1. The van der Waals surface area contributed by atoms with Gasteiger partial charge in [0.05, 0.1) is 0 Å². The number of furan rings is 1. The van der Waals surface area contributed by atoms with Gasteiger partial charge in [-0.15, -0.1) is 0 Å². The fourth-order valence-corrected chi connectivity index (χ4v) is 5.06. The van der Waals surface area contributed by atoms with Crippen LogP contribution in [0.4, 0.5) is 5.69 Å². The Morgan fingerprint density at radius 3 is 2.45 bits per heavy atom. The number of rotatable bonds is 6. The van der Waals surface area contributed by atoms with Gasteiger partial charge in [0, 0.05) is 30.9 Å². The minimum absolute atomic E-state index is 0.0751. The lowest BCUT2D eigenvalue weighted by Gasteiger charge is -2.29. The molecule has 0 saturated carbocycles. The first-order valence-electron chi connectivity index (χ1n) is 10.3. The van der Waals surface area contributed by atoms with Crippen molar-refractivity contribution >= 4 is 21.6 Å². The Kier molecular flexibility index (Phi) is 5.97. The number of H-pyrrole nitrogens is 1. The third-order valence-corrected chi connectivity index (χ3v) is 7.38. The average molecular weight is 443 g/mol. The zero-order chi connectivity index (χ0) is 22.0. The number of sulfonamides is 1. The molecule has 164 valence electrons. The first kappa shape index (κ1) is 21.3. The molecule has 1 aliphatic heterocycles. The summed E-state index contributed by atoms with van der Waals surface area (Å²) < 4.78 is 32.8. The maximum absolute atomic E-state index is 12.9. The Morgan fingerprint density at radius 1 is 1.13 bits per heavy atom. The van der Waals surface area contributed by atoms with Gasteiger partial charge in [-0.25, -0.2) is 8.42 Å². The van der Waals surface area contributed by atoms with Gasteiger partial charge in [0.15, 0.2) is 5.76 Å². The minimum Gasteiger partial charge on any atom is -0.442 e. The van der Waals surface area contributed by atoms with Crippen LogP contribution in [-0.4, -0.2) is 41.9 Å². The van der Waals surface area contributed by atoms with Crippen LogP contribution in [-0.2, 0) is 14.8 Å². The Morgan fingerprint density at radius 2 is 1.84 bits per heavy atom. The largest absolute Gasteiger partial charge is 0.442 e. The quantitative estimate of drug-likeness (QED) is 0.603. The number of piperidine rings is 1. The van der Waals surface area contributed by atoms with Crippen LogP contribution in [0, 0.1) is 5.92 Å². The van der Waals surface area contributed by atoms with Gasteiger partial charge >= 0.3 is 0 Å². The highest BCUT2D eigenvalue weighted by Gasteiger charge is 2.34. The fourth-order valence-electron chi connectivity index (χ4n) is 3.68. The molecule has 0 radical (unpaired) electrons. The SMILES string of the molecule is CC(C)c1ccc(NC(=O)C2CCN(S(=O)(=O)c3ccc(-c4ccn[nH]4)o3)CC2)cc1. The molecule has 1 aliphatic rings. The van der Waals surface area contributed by atoms with Gasteiger partial charge < -0.3 is 9.73 Å². The predicted molar refractivity (Wildman–Crippen MR) is 117 cm³/mol. The molecule has 8 nitrogen and oxygen atoms in total. The monoisotopic (exact) mass is 442 g/mol. The number of carbonyl (C=O) groups excluding carboxylic acids is 1. The second-order valence-corrected chi connectivity index (χ2v) is 9.90. The number of nitrogens with one attached hydrogen (secondary N) is 2. The van der Waals surface area contributed by atoms with Crippen molar-refractivity contribution in [3.05, 3.63) is 54.2 Å².